The third-order valence-electron chi connectivity index (χ3n) is 4.60. The lowest BCUT2D eigenvalue weighted by Gasteiger charge is -2.22. The quantitative estimate of drug-likeness (QED) is 0.525. The Kier molecular flexibility index (Phi) is 6.81. The second-order valence-corrected chi connectivity index (χ2v) is 6.58. The van der Waals surface area contributed by atoms with Gasteiger partial charge in [0.05, 0.1) is 14.2 Å². The molecule has 8 heteroatoms. The van der Waals surface area contributed by atoms with Crippen LogP contribution in [0.25, 0.3) is 22.7 Å². The number of aryl methyl sites for hydroxylation is 1. The molecule has 8 nitrogen and oxygen atoms in total. The first kappa shape index (κ1) is 21.5. The Morgan fingerprint density at radius 1 is 0.900 bits per heavy atom. The van der Waals surface area contributed by atoms with E-state index in [9.17, 15) is 5.11 Å². The fourth-order valence-corrected chi connectivity index (χ4v) is 3.13. The summed E-state index contributed by atoms with van der Waals surface area (Å²) in [6.07, 6.45) is 0. The molecule has 0 radical (unpaired) electrons. The summed E-state index contributed by atoms with van der Waals surface area (Å²) in [7, 11) is 6.24. The molecule has 160 valence electrons. The first-order valence-electron chi connectivity index (χ1n) is 9.28. The molecule has 1 heterocycles. The molecule has 0 bridgehead atoms. The standard InChI is InChI=1S/C22H26N2O6/c1-14-20(15-6-8-17(9-7-15)24(12-26-2)13-27-3)23-22(30-14)16-10-18(28-4)21(25)19(11-16)29-5/h6-11,25H,12-13H2,1-5H3. The Morgan fingerprint density at radius 3 is 1.97 bits per heavy atom. The van der Waals surface area contributed by atoms with Gasteiger partial charge in [-0.25, -0.2) is 4.98 Å². The summed E-state index contributed by atoms with van der Waals surface area (Å²) in [5, 5.41) is 10.1. The summed E-state index contributed by atoms with van der Waals surface area (Å²) in [6.45, 7) is 2.70. The third kappa shape index (κ3) is 4.34. The molecule has 0 amide bonds. The smallest absolute Gasteiger partial charge is 0.227 e. The SMILES string of the molecule is COCN(COC)c1ccc(-c2nc(-c3cc(OC)c(O)c(OC)c3)oc2C)cc1. The molecular formula is C22H26N2O6. The summed E-state index contributed by atoms with van der Waals surface area (Å²) >= 11 is 0. The van der Waals surface area contributed by atoms with Gasteiger partial charge in [0, 0.05) is 31.0 Å². The lowest BCUT2D eigenvalue weighted by molar-refractivity contribution is 0.140. The molecule has 0 aliphatic rings. The maximum Gasteiger partial charge on any atom is 0.227 e. The van der Waals surface area contributed by atoms with E-state index in [2.05, 4.69) is 4.98 Å². The van der Waals surface area contributed by atoms with Crippen LogP contribution in [0.1, 0.15) is 5.76 Å². The van der Waals surface area contributed by atoms with Gasteiger partial charge in [0.1, 0.15) is 24.9 Å². The number of aromatic hydroxyl groups is 1. The van der Waals surface area contributed by atoms with Crippen molar-refractivity contribution in [3.63, 3.8) is 0 Å². The number of phenols is 1. The lowest BCUT2D eigenvalue weighted by atomic mass is 10.1. The maximum atomic E-state index is 10.1. The Hall–Kier alpha value is -3.23. The van der Waals surface area contributed by atoms with Gasteiger partial charge in [0.25, 0.3) is 0 Å². The van der Waals surface area contributed by atoms with Crippen LogP contribution in [0.4, 0.5) is 5.69 Å². The molecule has 1 aromatic heterocycles. The van der Waals surface area contributed by atoms with E-state index in [-0.39, 0.29) is 17.2 Å². The predicted octanol–water partition coefficient (Wildman–Crippen LogP) is 4.05. The minimum Gasteiger partial charge on any atom is -0.502 e. The van der Waals surface area contributed by atoms with Crippen LogP contribution >= 0.6 is 0 Å². The molecule has 1 N–H and O–H groups in total. The first-order chi connectivity index (χ1) is 14.5. The molecule has 0 saturated carbocycles. The first-order valence-corrected chi connectivity index (χ1v) is 9.28. The average Bonchev–Trinajstić information content (AvgIpc) is 3.15. The van der Waals surface area contributed by atoms with Gasteiger partial charge in [0.15, 0.2) is 11.5 Å². The van der Waals surface area contributed by atoms with Crippen molar-refractivity contribution < 1.29 is 28.5 Å². The molecule has 3 aromatic rings. The van der Waals surface area contributed by atoms with E-state index in [1.54, 1.807) is 26.4 Å². The minimum absolute atomic E-state index is 0.0699. The summed E-state index contributed by atoms with van der Waals surface area (Å²) in [5.41, 5.74) is 3.25. The molecule has 0 atom stereocenters. The zero-order valence-electron chi connectivity index (χ0n) is 17.8. The minimum atomic E-state index is -0.0699. The van der Waals surface area contributed by atoms with E-state index in [0.717, 1.165) is 16.9 Å². The third-order valence-corrected chi connectivity index (χ3v) is 4.60. The van der Waals surface area contributed by atoms with Crippen molar-refractivity contribution in [1.29, 1.82) is 0 Å². The second kappa shape index (κ2) is 9.51. The van der Waals surface area contributed by atoms with E-state index in [1.165, 1.54) is 14.2 Å². The van der Waals surface area contributed by atoms with Gasteiger partial charge in [-0.05, 0) is 31.2 Å². The number of nitrogens with zero attached hydrogens (tertiary/aromatic N) is 2. The van der Waals surface area contributed by atoms with Crippen molar-refractivity contribution in [1.82, 2.24) is 4.98 Å². The summed E-state index contributed by atoms with van der Waals surface area (Å²) in [6, 6.07) is 11.2. The summed E-state index contributed by atoms with van der Waals surface area (Å²) < 4.78 is 26.8. The number of oxazole rings is 1. The number of anilines is 1. The number of hydrogen-bond acceptors (Lipinski definition) is 8. The van der Waals surface area contributed by atoms with Gasteiger partial charge in [-0.2, -0.15) is 0 Å². The molecule has 0 saturated heterocycles. The molecule has 0 aliphatic carbocycles. The van der Waals surface area contributed by atoms with Gasteiger partial charge in [0.2, 0.25) is 11.6 Å². The van der Waals surface area contributed by atoms with Crippen LogP contribution < -0.4 is 14.4 Å². The Bertz CT molecular complexity index is 953. The van der Waals surface area contributed by atoms with Crippen LogP contribution in [0.15, 0.2) is 40.8 Å². The highest BCUT2D eigenvalue weighted by molar-refractivity contribution is 5.70. The number of hydrogen-bond donors (Lipinski definition) is 1. The molecular weight excluding hydrogens is 388 g/mol. The zero-order chi connectivity index (χ0) is 21.7. The zero-order valence-corrected chi connectivity index (χ0v) is 17.8. The largest absolute Gasteiger partial charge is 0.502 e. The fourth-order valence-electron chi connectivity index (χ4n) is 3.13. The summed E-state index contributed by atoms with van der Waals surface area (Å²) in [5.74, 6) is 1.57. The fraction of sp³-hybridized carbons (Fsp3) is 0.318. The topological polar surface area (TPSA) is 86.4 Å². The van der Waals surface area contributed by atoms with Crippen LogP contribution in [0.5, 0.6) is 17.2 Å². The van der Waals surface area contributed by atoms with Gasteiger partial charge in [-0.15, -0.1) is 0 Å². The lowest BCUT2D eigenvalue weighted by Crippen LogP contribution is -2.27. The highest BCUT2D eigenvalue weighted by Gasteiger charge is 2.18. The van der Waals surface area contributed by atoms with E-state index in [0.29, 0.717) is 30.7 Å². The average molecular weight is 414 g/mol. The molecule has 3 rings (SSSR count). The van der Waals surface area contributed by atoms with Crippen molar-refractivity contribution in [3.05, 3.63) is 42.2 Å². The number of methoxy groups -OCH3 is 4. The number of benzene rings is 2. The van der Waals surface area contributed by atoms with E-state index < -0.39 is 0 Å². The number of aromatic nitrogens is 1. The van der Waals surface area contributed by atoms with Crippen molar-refractivity contribution in [3.8, 4) is 40.0 Å². The second-order valence-electron chi connectivity index (χ2n) is 6.58. The van der Waals surface area contributed by atoms with Crippen LogP contribution in [0, 0.1) is 6.92 Å². The van der Waals surface area contributed by atoms with Crippen molar-refractivity contribution >= 4 is 5.69 Å². The molecule has 30 heavy (non-hydrogen) atoms. The Labute approximate surface area is 175 Å². The van der Waals surface area contributed by atoms with Gasteiger partial charge in [-0.1, -0.05) is 12.1 Å². The molecule has 0 aliphatic heterocycles. The van der Waals surface area contributed by atoms with Gasteiger partial charge < -0.3 is 33.4 Å². The van der Waals surface area contributed by atoms with Gasteiger partial charge in [-0.3, -0.25) is 0 Å². The highest BCUT2D eigenvalue weighted by atomic mass is 16.5. The Morgan fingerprint density at radius 2 is 1.47 bits per heavy atom. The normalized spacial score (nSPS) is 10.8. The molecule has 0 spiro atoms. The van der Waals surface area contributed by atoms with E-state index in [4.69, 9.17) is 23.4 Å². The van der Waals surface area contributed by atoms with E-state index in [1.807, 2.05) is 36.1 Å². The van der Waals surface area contributed by atoms with Gasteiger partial charge >= 0.3 is 0 Å². The van der Waals surface area contributed by atoms with Crippen LogP contribution in [0.3, 0.4) is 0 Å². The summed E-state index contributed by atoms with van der Waals surface area (Å²) in [4.78, 5) is 6.61. The predicted molar refractivity (Wildman–Crippen MR) is 113 cm³/mol. The van der Waals surface area contributed by atoms with Crippen molar-refractivity contribution in [2.45, 2.75) is 6.92 Å². The Balaban J connectivity index is 1.93. The number of ether oxygens (including phenoxy) is 4. The van der Waals surface area contributed by atoms with Crippen LogP contribution in [-0.2, 0) is 9.47 Å². The monoisotopic (exact) mass is 414 g/mol. The van der Waals surface area contributed by atoms with Crippen LogP contribution in [0.2, 0.25) is 0 Å². The maximum absolute atomic E-state index is 10.1. The highest BCUT2D eigenvalue weighted by Crippen LogP contribution is 2.41. The molecule has 0 fully saturated rings. The van der Waals surface area contributed by atoms with E-state index >= 15 is 0 Å². The van der Waals surface area contributed by atoms with Crippen LogP contribution in [-0.4, -0.2) is 52.0 Å². The number of phenolic OH excluding ortho intramolecular Hbond substituents is 1. The molecule has 2 aromatic carbocycles. The van der Waals surface area contributed by atoms with Crippen molar-refractivity contribution in [2.24, 2.45) is 0 Å². The van der Waals surface area contributed by atoms with Crippen molar-refractivity contribution in [2.75, 3.05) is 46.8 Å². The molecule has 0 unspecified atom stereocenters. The number of rotatable bonds is 9.